The molecule has 0 radical (unpaired) electrons. The topological polar surface area (TPSA) is 75.6 Å². The molecule has 1 saturated carbocycles. The molecule has 132 valence electrons. The van der Waals surface area contributed by atoms with Crippen LogP contribution in [-0.4, -0.2) is 24.1 Å². The zero-order valence-electron chi connectivity index (χ0n) is 13.8. The molecule has 0 spiro atoms. The third-order valence-corrected chi connectivity index (χ3v) is 5.56. The van der Waals surface area contributed by atoms with E-state index in [9.17, 15) is 19.1 Å². The summed E-state index contributed by atoms with van der Waals surface area (Å²) in [6, 6.07) is 4.58. The third kappa shape index (κ3) is 3.51. The minimum absolute atomic E-state index is 0.0228. The SMILES string of the molecule is COc1ccc(C(NC(=O)C2CC2c2sccc2C)C(=O)O)cc1F. The number of carboxylic acid groups (broad SMARTS) is 1. The van der Waals surface area contributed by atoms with Gasteiger partial charge in [-0.05, 0) is 48.1 Å². The van der Waals surface area contributed by atoms with Gasteiger partial charge in [-0.15, -0.1) is 11.3 Å². The van der Waals surface area contributed by atoms with E-state index >= 15 is 0 Å². The number of carbonyl (C=O) groups excluding carboxylic acids is 1. The number of carbonyl (C=O) groups is 2. The number of methoxy groups -OCH3 is 1. The van der Waals surface area contributed by atoms with Crippen molar-refractivity contribution in [3.05, 3.63) is 51.5 Å². The zero-order chi connectivity index (χ0) is 18.1. The second-order valence-electron chi connectivity index (χ2n) is 6.09. The lowest BCUT2D eigenvalue weighted by molar-refractivity contribution is -0.142. The first-order valence-electron chi connectivity index (χ1n) is 7.83. The Bertz CT molecular complexity index is 819. The molecule has 1 aromatic carbocycles. The normalized spacial score (nSPS) is 20.0. The molecule has 1 aliphatic rings. The Morgan fingerprint density at radius 1 is 1.40 bits per heavy atom. The Morgan fingerprint density at radius 3 is 2.72 bits per heavy atom. The van der Waals surface area contributed by atoms with Gasteiger partial charge in [-0.25, -0.2) is 9.18 Å². The predicted molar refractivity (Wildman–Crippen MR) is 91.4 cm³/mol. The van der Waals surface area contributed by atoms with Crippen LogP contribution in [0, 0.1) is 18.7 Å². The van der Waals surface area contributed by atoms with E-state index < -0.39 is 17.8 Å². The first kappa shape index (κ1) is 17.4. The van der Waals surface area contributed by atoms with E-state index in [2.05, 4.69) is 5.32 Å². The number of hydrogen-bond acceptors (Lipinski definition) is 4. The van der Waals surface area contributed by atoms with Crippen molar-refractivity contribution in [3.63, 3.8) is 0 Å². The van der Waals surface area contributed by atoms with Gasteiger partial charge in [0.1, 0.15) is 0 Å². The van der Waals surface area contributed by atoms with Crippen LogP contribution in [0.2, 0.25) is 0 Å². The maximum absolute atomic E-state index is 13.8. The molecule has 0 aliphatic heterocycles. The molecular formula is C18H18FNO4S. The maximum Gasteiger partial charge on any atom is 0.330 e. The van der Waals surface area contributed by atoms with Gasteiger partial charge in [-0.3, -0.25) is 4.79 Å². The molecule has 25 heavy (non-hydrogen) atoms. The van der Waals surface area contributed by atoms with Crippen LogP contribution in [0.5, 0.6) is 5.75 Å². The maximum atomic E-state index is 13.8. The van der Waals surface area contributed by atoms with Gasteiger partial charge in [0, 0.05) is 16.7 Å². The molecule has 7 heteroatoms. The van der Waals surface area contributed by atoms with Gasteiger partial charge in [-0.2, -0.15) is 0 Å². The summed E-state index contributed by atoms with van der Waals surface area (Å²) < 4.78 is 18.7. The van der Waals surface area contributed by atoms with Crippen molar-refractivity contribution in [2.75, 3.05) is 7.11 Å². The highest BCUT2D eigenvalue weighted by Crippen LogP contribution is 2.50. The molecule has 1 heterocycles. The highest BCUT2D eigenvalue weighted by atomic mass is 32.1. The van der Waals surface area contributed by atoms with Crippen molar-refractivity contribution < 1.29 is 23.8 Å². The number of aryl methyl sites for hydroxylation is 1. The van der Waals surface area contributed by atoms with Crippen LogP contribution in [-0.2, 0) is 9.59 Å². The van der Waals surface area contributed by atoms with E-state index in [4.69, 9.17) is 4.74 Å². The number of amides is 1. The molecule has 0 saturated heterocycles. The van der Waals surface area contributed by atoms with Crippen LogP contribution in [0.3, 0.4) is 0 Å². The fourth-order valence-corrected chi connectivity index (χ4v) is 4.05. The summed E-state index contributed by atoms with van der Waals surface area (Å²) >= 11 is 1.61. The monoisotopic (exact) mass is 363 g/mol. The number of benzene rings is 1. The van der Waals surface area contributed by atoms with Crippen molar-refractivity contribution in [2.24, 2.45) is 5.92 Å². The number of hydrogen-bond donors (Lipinski definition) is 2. The minimum Gasteiger partial charge on any atom is -0.494 e. The van der Waals surface area contributed by atoms with Gasteiger partial charge in [0.2, 0.25) is 5.91 Å². The lowest BCUT2D eigenvalue weighted by Gasteiger charge is -2.16. The molecule has 3 rings (SSSR count). The molecule has 3 unspecified atom stereocenters. The van der Waals surface area contributed by atoms with Crippen LogP contribution < -0.4 is 10.1 Å². The average molecular weight is 363 g/mol. The van der Waals surface area contributed by atoms with E-state index in [1.165, 1.54) is 24.1 Å². The zero-order valence-corrected chi connectivity index (χ0v) is 14.6. The fourth-order valence-electron chi connectivity index (χ4n) is 2.94. The second kappa shape index (κ2) is 6.84. The molecule has 0 bridgehead atoms. The van der Waals surface area contributed by atoms with Crippen LogP contribution in [0.15, 0.2) is 29.6 Å². The highest BCUT2D eigenvalue weighted by Gasteiger charge is 2.46. The van der Waals surface area contributed by atoms with Crippen molar-refractivity contribution in [1.82, 2.24) is 5.32 Å². The number of aliphatic carboxylic acids is 1. The Labute approximate surface area is 148 Å². The molecule has 1 aliphatic carbocycles. The van der Waals surface area contributed by atoms with Gasteiger partial charge in [0.25, 0.3) is 0 Å². The molecule has 2 N–H and O–H groups in total. The van der Waals surface area contributed by atoms with Crippen molar-refractivity contribution >= 4 is 23.2 Å². The highest BCUT2D eigenvalue weighted by molar-refractivity contribution is 7.10. The van der Waals surface area contributed by atoms with Crippen LogP contribution in [0.4, 0.5) is 4.39 Å². The summed E-state index contributed by atoms with van der Waals surface area (Å²) in [7, 11) is 1.33. The summed E-state index contributed by atoms with van der Waals surface area (Å²) in [4.78, 5) is 25.1. The van der Waals surface area contributed by atoms with Gasteiger partial charge in [0.05, 0.1) is 7.11 Å². The summed E-state index contributed by atoms with van der Waals surface area (Å²) in [6.07, 6.45) is 0.705. The number of carboxylic acids is 1. The number of halogens is 1. The van der Waals surface area contributed by atoms with Crippen molar-refractivity contribution in [3.8, 4) is 5.75 Å². The van der Waals surface area contributed by atoms with Crippen LogP contribution >= 0.6 is 11.3 Å². The summed E-state index contributed by atoms with van der Waals surface area (Å²) in [5, 5.41) is 13.9. The van der Waals surface area contributed by atoms with E-state index in [0.717, 1.165) is 11.6 Å². The molecule has 5 nitrogen and oxygen atoms in total. The number of ether oxygens (including phenoxy) is 1. The Kier molecular flexibility index (Phi) is 4.76. The molecular weight excluding hydrogens is 345 g/mol. The predicted octanol–water partition coefficient (Wildman–Crippen LogP) is 3.25. The number of rotatable bonds is 6. The quantitative estimate of drug-likeness (QED) is 0.826. The van der Waals surface area contributed by atoms with E-state index in [0.29, 0.717) is 6.42 Å². The van der Waals surface area contributed by atoms with Crippen LogP contribution in [0.1, 0.15) is 34.4 Å². The first-order chi connectivity index (χ1) is 11.9. The van der Waals surface area contributed by atoms with Gasteiger partial charge in [0.15, 0.2) is 17.6 Å². The summed E-state index contributed by atoms with van der Waals surface area (Å²) in [5.74, 6) is -2.29. The standard InChI is InChI=1S/C18H18FNO4S/c1-9-5-6-25-16(9)11-8-12(11)17(21)20-15(18(22)23)10-3-4-14(24-2)13(19)7-10/h3-7,11-12,15H,8H2,1-2H3,(H,20,21)(H,22,23). The number of nitrogens with one attached hydrogen (secondary N) is 1. The minimum atomic E-state index is -1.29. The molecule has 3 atom stereocenters. The summed E-state index contributed by atoms with van der Waals surface area (Å²) in [6.45, 7) is 2.00. The lowest BCUT2D eigenvalue weighted by atomic mass is 10.1. The summed E-state index contributed by atoms with van der Waals surface area (Å²) in [5.41, 5.74) is 1.32. The van der Waals surface area contributed by atoms with E-state index in [-0.39, 0.29) is 29.1 Å². The van der Waals surface area contributed by atoms with E-state index in [1.807, 2.05) is 18.4 Å². The molecule has 2 aromatic rings. The van der Waals surface area contributed by atoms with Crippen LogP contribution in [0.25, 0.3) is 0 Å². The Balaban J connectivity index is 1.73. The van der Waals surface area contributed by atoms with Gasteiger partial charge in [-0.1, -0.05) is 6.07 Å². The third-order valence-electron chi connectivity index (χ3n) is 4.41. The molecule has 1 amide bonds. The van der Waals surface area contributed by atoms with Crippen molar-refractivity contribution in [2.45, 2.75) is 25.3 Å². The average Bonchev–Trinajstić information content (AvgIpc) is 3.26. The number of thiophene rings is 1. The fraction of sp³-hybridized carbons (Fsp3) is 0.333. The second-order valence-corrected chi connectivity index (χ2v) is 7.04. The Morgan fingerprint density at radius 2 is 2.16 bits per heavy atom. The lowest BCUT2D eigenvalue weighted by Crippen LogP contribution is -2.35. The van der Waals surface area contributed by atoms with Crippen molar-refractivity contribution in [1.29, 1.82) is 0 Å². The van der Waals surface area contributed by atoms with Gasteiger partial charge >= 0.3 is 5.97 Å². The largest absolute Gasteiger partial charge is 0.494 e. The first-order valence-corrected chi connectivity index (χ1v) is 8.71. The molecule has 1 aromatic heterocycles. The Hall–Kier alpha value is -2.41. The van der Waals surface area contributed by atoms with E-state index in [1.54, 1.807) is 11.3 Å². The molecule has 1 fully saturated rings. The smallest absolute Gasteiger partial charge is 0.330 e. The van der Waals surface area contributed by atoms with Gasteiger partial charge < -0.3 is 15.2 Å².